The first kappa shape index (κ1) is 13.8. The molecule has 16 heavy (non-hydrogen) atoms. The molecule has 0 nitrogen and oxygen atoms in total. The zero-order valence-electron chi connectivity index (χ0n) is 9.64. The predicted molar refractivity (Wildman–Crippen MR) is 68.8 cm³/mol. The van der Waals surface area contributed by atoms with E-state index in [1.54, 1.807) is 18.2 Å². The third kappa shape index (κ3) is 3.95. The average Bonchev–Trinajstić information content (AvgIpc) is 2.23. The molecule has 1 rings (SSSR count). The topological polar surface area (TPSA) is 0 Å². The Morgan fingerprint density at radius 3 is 2.56 bits per heavy atom. The Hall–Kier alpha value is -0.270. The molecule has 0 spiro atoms. The lowest BCUT2D eigenvalue weighted by atomic mass is 9.92. The maximum atomic E-state index is 13.7. The molecule has 0 amide bonds. The summed E-state index contributed by atoms with van der Waals surface area (Å²) in [7, 11) is 0. The number of benzene rings is 1. The summed E-state index contributed by atoms with van der Waals surface area (Å²) in [5.41, 5.74) is 0.666. The smallest absolute Gasteiger partial charge is 0.144 e. The molecule has 0 N–H and O–H groups in total. The van der Waals surface area contributed by atoms with Gasteiger partial charge in [-0.05, 0) is 36.3 Å². The van der Waals surface area contributed by atoms with E-state index >= 15 is 0 Å². The van der Waals surface area contributed by atoms with Gasteiger partial charge in [0.2, 0.25) is 0 Å². The van der Waals surface area contributed by atoms with Gasteiger partial charge in [-0.2, -0.15) is 0 Å². The molecule has 0 aromatic heterocycles. The van der Waals surface area contributed by atoms with Crippen LogP contribution in [0, 0.1) is 17.7 Å². The molecule has 0 saturated heterocycles. The summed E-state index contributed by atoms with van der Waals surface area (Å²) in [5.74, 6) is 1.15. The zero-order chi connectivity index (χ0) is 12.1. The number of halogens is 3. The number of rotatable bonds is 5. The van der Waals surface area contributed by atoms with E-state index in [9.17, 15) is 4.39 Å². The summed E-state index contributed by atoms with van der Waals surface area (Å²) >= 11 is 11.6. The van der Waals surface area contributed by atoms with Gasteiger partial charge in [0.25, 0.3) is 0 Å². The van der Waals surface area contributed by atoms with Gasteiger partial charge in [0.05, 0.1) is 5.02 Å². The molecule has 0 aliphatic rings. The molecule has 90 valence electrons. The van der Waals surface area contributed by atoms with Gasteiger partial charge in [-0.3, -0.25) is 0 Å². The van der Waals surface area contributed by atoms with Crippen LogP contribution in [0.1, 0.15) is 25.8 Å². The molecule has 0 aliphatic heterocycles. The monoisotopic (exact) mass is 262 g/mol. The van der Waals surface area contributed by atoms with E-state index in [1.165, 1.54) is 0 Å². The van der Waals surface area contributed by atoms with E-state index in [-0.39, 0.29) is 10.8 Å². The maximum Gasteiger partial charge on any atom is 0.144 e. The highest BCUT2D eigenvalue weighted by Crippen LogP contribution is 2.23. The lowest BCUT2D eigenvalue weighted by Gasteiger charge is -2.16. The van der Waals surface area contributed by atoms with Crippen LogP contribution >= 0.6 is 23.2 Å². The highest BCUT2D eigenvalue weighted by atomic mass is 35.5. The Morgan fingerprint density at radius 2 is 2.00 bits per heavy atom. The molecule has 3 heteroatoms. The minimum atomic E-state index is -0.303. The highest BCUT2D eigenvalue weighted by Gasteiger charge is 2.14. The predicted octanol–water partition coefficient (Wildman–Crippen LogP) is 4.92. The lowest BCUT2D eigenvalue weighted by Crippen LogP contribution is -2.11. The standard InChI is InChI=1S/C13H17Cl2F/c1-9(2)6-10(8-14)7-11-4-3-5-12(15)13(11)16/h3-5,9-10H,6-8H2,1-2H3. The van der Waals surface area contributed by atoms with E-state index < -0.39 is 0 Å². The Kier molecular flexibility index (Phi) is 5.57. The Labute approximate surface area is 107 Å². The van der Waals surface area contributed by atoms with Crippen LogP contribution in [-0.4, -0.2) is 5.88 Å². The molecule has 0 aliphatic carbocycles. The second kappa shape index (κ2) is 6.46. The van der Waals surface area contributed by atoms with Crippen LogP contribution in [0.4, 0.5) is 4.39 Å². The van der Waals surface area contributed by atoms with Crippen LogP contribution in [0.2, 0.25) is 5.02 Å². The maximum absolute atomic E-state index is 13.7. The van der Waals surface area contributed by atoms with Crippen molar-refractivity contribution in [1.82, 2.24) is 0 Å². The average molecular weight is 263 g/mol. The van der Waals surface area contributed by atoms with E-state index in [4.69, 9.17) is 23.2 Å². The summed E-state index contributed by atoms with van der Waals surface area (Å²) < 4.78 is 13.7. The molecule has 0 saturated carbocycles. The molecule has 1 unspecified atom stereocenters. The first-order valence-electron chi connectivity index (χ1n) is 5.53. The first-order chi connectivity index (χ1) is 7.54. The first-order valence-corrected chi connectivity index (χ1v) is 6.44. The Morgan fingerprint density at radius 1 is 1.31 bits per heavy atom. The molecular formula is C13H17Cl2F. The van der Waals surface area contributed by atoms with Crippen molar-refractivity contribution in [3.8, 4) is 0 Å². The van der Waals surface area contributed by atoms with E-state index in [1.807, 2.05) is 0 Å². The summed E-state index contributed by atoms with van der Waals surface area (Å²) in [6, 6.07) is 5.13. The highest BCUT2D eigenvalue weighted by molar-refractivity contribution is 6.30. The van der Waals surface area contributed by atoms with Crippen molar-refractivity contribution in [3.63, 3.8) is 0 Å². The van der Waals surface area contributed by atoms with Gasteiger partial charge < -0.3 is 0 Å². The molecule has 1 aromatic carbocycles. The second-order valence-corrected chi connectivity index (χ2v) is 5.28. The molecule has 0 heterocycles. The molecule has 1 atom stereocenters. The fourth-order valence-electron chi connectivity index (χ4n) is 1.88. The van der Waals surface area contributed by atoms with Gasteiger partial charge in [-0.25, -0.2) is 4.39 Å². The molecule has 0 radical (unpaired) electrons. The van der Waals surface area contributed by atoms with E-state index in [0.717, 1.165) is 6.42 Å². The van der Waals surface area contributed by atoms with Crippen LogP contribution in [0.3, 0.4) is 0 Å². The summed E-state index contributed by atoms with van der Waals surface area (Å²) in [5, 5.41) is 0.190. The fraction of sp³-hybridized carbons (Fsp3) is 0.538. The van der Waals surface area contributed by atoms with Gasteiger partial charge in [0.1, 0.15) is 5.82 Å². The summed E-state index contributed by atoms with van der Waals surface area (Å²) in [6.07, 6.45) is 1.67. The van der Waals surface area contributed by atoms with Crippen molar-refractivity contribution in [2.24, 2.45) is 11.8 Å². The van der Waals surface area contributed by atoms with Crippen molar-refractivity contribution in [2.75, 3.05) is 5.88 Å². The van der Waals surface area contributed by atoms with Crippen LogP contribution < -0.4 is 0 Å². The minimum Gasteiger partial charge on any atom is -0.205 e. The second-order valence-electron chi connectivity index (χ2n) is 4.57. The van der Waals surface area contributed by atoms with Crippen molar-refractivity contribution in [1.29, 1.82) is 0 Å². The largest absolute Gasteiger partial charge is 0.205 e. The Bertz CT molecular complexity index is 337. The third-order valence-corrected chi connectivity index (χ3v) is 3.29. The van der Waals surface area contributed by atoms with Gasteiger partial charge >= 0.3 is 0 Å². The van der Waals surface area contributed by atoms with E-state index in [2.05, 4.69) is 13.8 Å². The van der Waals surface area contributed by atoms with Crippen LogP contribution in [0.15, 0.2) is 18.2 Å². The SMILES string of the molecule is CC(C)CC(CCl)Cc1cccc(Cl)c1F. The van der Waals surface area contributed by atoms with Gasteiger partial charge in [-0.1, -0.05) is 37.6 Å². The van der Waals surface area contributed by atoms with Crippen LogP contribution in [-0.2, 0) is 6.42 Å². The van der Waals surface area contributed by atoms with Crippen molar-refractivity contribution in [3.05, 3.63) is 34.6 Å². The molecule has 1 aromatic rings. The fourth-order valence-corrected chi connectivity index (χ4v) is 2.31. The zero-order valence-corrected chi connectivity index (χ0v) is 11.2. The molecule has 0 fully saturated rings. The molecule has 0 bridgehead atoms. The molecular weight excluding hydrogens is 246 g/mol. The number of hydrogen-bond acceptors (Lipinski definition) is 0. The van der Waals surface area contributed by atoms with Crippen LogP contribution in [0.5, 0.6) is 0 Å². The lowest BCUT2D eigenvalue weighted by molar-refractivity contribution is 0.434. The van der Waals surface area contributed by atoms with Gasteiger partial charge in [-0.15, -0.1) is 11.6 Å². The van der Waals surface area contributed by atoms with Gasteiger partial charge in [0.15, 0.2) is 0 Å². The van der Waals surface area contributed by atoms with Crippen molar-refractivity contribution < 1.29 is 4.39 Å². The number of alkyl halides is 1. The van der Waals surface area contributed by atoms with Crippen molar-refractivity contribution in [2.45, 2.75) is 26.7 Å². The quantitative estimate of drug-likeness (QED) is 0.661. The summed E-state index contributed by atoms with van der Waals surface area (Å²) in [6.45, 7) is 4.29. The third-order valence-electron chi connectivity index (χ3n) is 2.56. The minimum absolute atomic E-state index is 0.190. The van der Waals surface area contributed by atoms with Crippen molar-refractivity contribution >= 4 is 23.2 Å². The number of hydrogen-bond donors (Lipinski definition) is 0. The van der Waals surface area contributed by atoms with Gasteiger partial charge in [0, 0.05) is 5.88 Å². The Balaban J connectivity index is 2.74. The van der Waals surface area contributed by atoms with E-state index in [0.29, 0.717) is 29.7 Å². The van der Waals surface area contributed by atoms with Crippen LogP contribution in [0.25, 0.3) is 0 Å². The summed E-state index contributed by atoms with van der Waals surface area (Å²) in [4.78, 5) is 0. The normalized spacial score (nSPS) is 13.1.